The summed E-state index contributed by atoms with van der Waals surface area (Å²) in [5.41, 5.74) is 0.959. The van der Waals surface area contributed by atoms with E-state index in [1.165, 1.54) is 0 Å². The molecule has 2 heterocycles. The second kappa shape index (κ2) is 4.48. The summed E-state index contributed by atoms with van der Waals surface area (Å²) in [4.78, 5) is 24.5. The SMILES string of the molecule is COc1ccc2c(c1)[C@]13CCCC[C@H]1[C@H](C(=O)O)[C@H]2OC3=O. The Morgan fingerprint density at radius 3 is 2.95 bits per heavy atom. The number of carbonyl (C=O) groups is 2. The van der Waals surface area contributed by atoms with Crippen LogP contribution in [0.25, 0.3) is 0 Å². The maximum atomic E-state index is 12.7. The molecule has 0 radical (unpaired) electrons. The van der Waals surface area contributed by atoms with E-state index in [1.54, 1.807) is 13.2 Å². The van der Waals surface area contributed by atoms with Crippen molar-refractivity contribution < 1.29 is 24.2 Å². The highest BCUT2D eigenvalue weighted by molar-refractivity contribution is 5.90. The molecule has 4 aliphatic rings. The van der Waals surface area contributed by atoms with Crippen LogP contribution >= 0.6 is 0 Å². The van der Waals surface area contributed by atoms with Gasteiger partial charge in [-0.3, -0.25) is 9.59 Å². The number of rotatable bonds is 2. The number of benzene rings is 1. The number of esters is 1. The third kappa shape index (κ3) is 1.49. The van der Waals surface area contributed by atoms with E-state index in [-0.39, 0.29) is 11.9 Å². The molecule has 22 heavy (non-hydrogen) atoms. The summed E-state index contributed by atoms with van der Waals surface area (Å²) < 4.78 is 10.9. The van der Waals surface area contributed by atoms with Gasteiger partial charge in [0.15, 0.2) is 0 Å². The van der Waals surface area contributed by atoms with Gasteiger partial charge in [0, 0.05) is 0 Å². The number of hydrogen-bond donors (Lipinski definition) is 1. The van der Waals surface area contributed by atoms with Crippen molar-refractivity contribution in [2.45, 2.75) is 37.2 Å². The van der Waals surface area contributed by atoms with Crippen molar-refractivity contribution in [1.29, 1.82) is 0 Å². The minimum atomic E-state index is -0.866. The van der Waals surface area contributed by atoms with E-state index < -0.39 is 23.4 Å². The van der Waals surface area contributed by atoms with Gasteiger partial charge in [-0.2, -0.15) is 0 Å². The van der Waals surface area contributed by atoms with Crippen molar-refractivity contribution in [1.82, 2.24) is 0 Å². The third-order valence-electron chi connectivity index (χ3n) is 5.66. The summed E-state index contributed by atoms with van der Waals surface area (Å²) in [7, 11) is 1.59. The molecule has 1 spiro atoms. The van der Waals surface area contributed by atoms with Gasteiger partial charge in [-0.05, 0) is 42.0 Å². The zero-order valence-electron chi connectivity index (χ0n) is 12.4. The van der Waals surface area contributed by atoms with Crippen LogP contribution in [0.3, 0.4) is 0 Å². The first-order valence-corrected chi connectivity index (χ1v) is 7.72. The van der Waals surface area contributed by atoms with Gasteiger partial charge in [-0.15, -0.1) is 0 Å². The minimum Gasteiger partial charge on any atom is -0.497 e. The Bertz CT molecular complexity index is 667. The van der Waals surface area contributed by atoms with Crippen LogP contribution in [0.2, 0.25) is 0 Å². The summed E-state index contributed by atoms with van der Waals surface area (Å²) in [5, 5.41) is 9.69. The van der Waals surface area contributed by atoms with Crippen LogP contribution in [0.15, 0.2) is 18.2 Å². The molecule has 0 amide bonds. The maximum absolute atomic E-state index is 12.7. The Balaban J connectivity index is 1.98. The molecule has 2 aliphatic carbocycles. The van der Waals surface area contributed by atoms with E-state index in [0.29, 0.717) is 12.2 Å². The molecular weight excluding hydrogens is 284 g/mol. The van der Waals surface area contributed by atoms with Crippen LogP contribution in [-0.2, 0) is 19.7 Å². The molecule has 1 aromatic rings. The number of methoxy groups -OCH3 is 1. The van der Waals surface area contributed by atoms with Crippen molar-refractivity contribution in [3.05, 3.63) is 29.3 Å². The van der Waals surface area contributed by atoms with Crippen LogP contribution in [0.1, 0.15) is 42.9 Å². The highest BCUT2D eigenvalue weighted by Crippen LogP contribution is 2.61. The Morgan fingerprint density at radius 1 is 1.41 bits per heavy atom. The fourth-order valence-electron chi connectivity index (χ4n) is 4.74. The van der Waals surface area contributed by atoms with Gasteiger partial charge >= 0.3 is 11.9 Å². The predicted molar refractivity (Wildman–Crippen MR) is 76.6 cm³/mol. The highest BCUT2D eigenvalue weighted by Gasteiger charge is 2.65. The lowest BCUT2D eigenvalue weighted by atomic mass is 9.51. The minimum absolute atomic E-state index is 0.176. The van der Waals surface area contributed by atoms with Crippen molar-refractivity contribution in [2.24, 2.45) is 11.8 Å². The van der Waals surface area contributed by atoms with Crippen LogP contribution in [0, 0.1) is 11.8 Å². The normalized spacial score (nSPS) is 35.3. The standard InChI is InChI=1S/C17H18O5/c1-21-9-5-6-10-12(8-9)17-7-3-2-4-11(17)13(15(18)19)14(10)22-16(17)20/h5-6,8,11,13-14H,2-4,7H2,1H3,(H,18,19)/t11-,13-,14-,17-/m0/s1. The molecule has 0 aromatic heterocycles. The second-order valence-electron chi connectivity index (χ2n) is 6.47. The lowest BCUT2D eigenvalue weighted by Gasteiger charge is -2.55. The quantitative estimate of drug-likeness (QED) is 0.849. The first kappa shape index (κ1) is 13.6. The number of hydrogen-bond acceptors (Lipinski definition) is 4. The Labute approximate surface area is 128 Å². The molecular formula is C17H18O5. The van der Waals surface area contributed by atoms with Gasteiger partial charge in [0.1, 0.15) is 17.8 Å². The fourth-order valence-corrected chi connectivity index (χ4v) is 4.74. The lowest BCUT2D eigenvalue weighted by Crippen LogP contribution is -2.60. The highest BCUT2D eigenvalue weighted by atomic mass is 16.6. The molecule has 0 unspecified atom stereocenters. The first-order valence-electron chi connectivity index (χ1n) is 7.72. The number of aliphatic carboxylic acids is 1. The summed E-state index contributed by atoms with van der Waals surface area (Å²) >= 11 is 0. The van der Waals surface area contributed by atoms with E-state index in [2.05, 4.69) is 0 Å². The smallest absolute Gasteiger partial charge is 0.317 e. The molecule has 1 N–H and O–H groups in total. The number of carboxylic acid groups (broad SMARTS) is 1. The third-order valence-corrected chi connectivity index (χ3v) is 5.66. The Morgan fingerprint density at radius 2 is 2.23 bits per heavy atom. The molecule has 5 heteroatoms. The van der Waals surface area contributed by atoms with Gasteiger partial charge in [0.2, 0.25) is 0 Å². The molecule has 1 saturated carbocycles. The molecule has 2 aliphatic heterocycles. The second-order valence-corrected chi connectivity index (χ2v) is 6.47. The van der Waals surface area contributed by atoms with Gasteiger partial charge in [0.05, 0.1) is 12.5 Å². The molecule has 1 saturated heterocycles. The average molecular weight is 302 g/mol. The molecule has 1 aromatic carbocycles. The zero-order chi connectivity index (χ0) is 15.5. The monoisotopic (exact) mass is 302 g/mol. The largest absolute Gasteiger partial charge is 0.497 e. The number of ether oxygens (including phenoxy) is 2. The Kier molecular flexibility index (Phi) is 2.77. The van der Waals surface area contributed by atoms with E-state index in [9.17, 15) is 14.7 Å². The predicted octanol–water partition coefficient (Wildman–Crippen LogP) is 2.44. The Hall–Kier alpha value is -2.04. The van der Waals surface area contributed by atoms with E-state index in [0.717, 1.165) is 30.4 Å². The summed E-state index contributed by atoms with van der Waals surface area (Å²) in [5.74, 6) is -1.23. The van der Waals surface area contributed by atoms with Crippen LogP contribution in [0.5, 0.6) is 5.75 Å². The van der Waals surface area contributed by atoms with Crippen molar-refractivity contribution >= 4 is 11.9 Å². The lowest BCUT2D eigenvalue weighted by molar-refractivity contribution is -0.194. The molecule has 5 nitrogen and oxygen atoms in total. The topological polar surface area (TPSA) is 72.8 Å². The summed E-state index contributed by atoms with van der Waals surface area (Å²) in [6.45, 7) is 0. The summed E-state index contributed by atoms with van der Waals surface area (Å²) in [6, 6.07) is 5.56. The average Bonchev–Trinajstić information content (AvgIpc) is 2.53. The van der Waals surface area contributed by atoms with Crippen LogP contribution in [-0.4, -0.2) is 24.2 Å². The van der Waals surface area contributed by atoms with Crippen LogP contribution < -0.4 is 4.74 Å². The summed E-state index contributed by atoms with van der Waals surface area (Å²) in [6.07, 6.45) is 2.64. The number of carboxylic acids is 1. The molecule has 2 bridgehead atoms. The molecule has 116 valence electrons. The van der Waals surface area contributed by atoms with Gasteiger partial charge in [0.25, 0.3) is 0 Å². The van der Waals surface area contributed by atoms with Gasteiger partial charge < -0.3 is 14.6 Å². The molecule has 4 atom stereocenters. The van der Waals surface area contributed by atoms with Gasteiger partial charge in [-0.25, -0.2) is 0 Å². The van der Waals surface area contributed by atoms with Crippen molar-refractivity contribution in [3.8, 4) is 5.75 Å². The van der Waals surface area contributed by atoms with Gasteiger partial charge in [-0.1, -0.05) is 18.9 Å². The molecule has 5 rings (SSSR count). The number of fused-ring (bicyclic) bond motifs is 1. The van der Waals surface area contributed by atoms with E-state index >= 15 is 0 Å². The van der Waals surface area contributed by atoms with Crippen molar-refractivity contribution in [3.63, 3.8) is 0 Å². The first-order chi connectivity index (χ1) is 10.6. The zero-order valence-corrected chi connectivity index (χ0v) is 12.4. The number of carbonyl (C=O) groups excluding carboxylic acids is 1. The van der Waals surface area contributed by atoms with Crippen LogP contribution in [0.4, 0.5) is 0 Å². The fraction of sp³-hybridized carbons (Fsp3) is 0.529. The van der Waals surface area contributed by atoms with Crippen molar-refractivity contribution in [2.75, 3.05) is 7.11 Å². The van der Waals surface area contributed by atoms with E-state index in [4.69, 9.17) is 9.47 Å². The molecule has 2 fully saturated rings. The maximum Gasteiger partial charge on any atom is 0.317 e. The van der Waals surface area contributed by atoms with E-state index in [1.807, 2.05) is 12.1 Å².